The van der Waals surface area contributed by atoms with Gasteiger partial charge in [-0.15, -0.1) is 0 Å². The van der Waals surface area contributed by atoms with Crippen molar-refractivity contribution >= 4 is 119 Å². The number of rotatable bonds is 5. The van der Waals surface area contributed by atoms with Gasteiger partial charge in [-0.1, -0.05) is 242 Å². The first-order chi connectivity index (χ1) is 39.0. The van der Waals surface area contributed by atoms with Crippen molar-refractivity contribution in [1.29, 1.82) is 0 Å². The van der Waals surface area contributed by atoms with Gasteiger partial charge in [-0.25, -0.2) is 0 Å². The summed E-state index contributed by atoms with van der Waals surface area (Å²) in [5.74, 6) is 0. The first kappa shape index (κ1) is 50.6. The predicted octanol–water partition coefficient (Wildman–Crippen LogP) is 23.9. The lowest BCUT2D eigenvalue weighted by molar-refractivity contribution is 0.568. The highest BCUT2D eigenvalue weighted by Crippen LogP contribution is 2.58. The van der Waals surface area contributed by atoms with E-state index in [1.54, 1.807) is 0 Å². The highest BCUT2D eigenvalue weighted by atomic mass is 14.4. The maximum absolute atomic E-state index is 4.30. The topological polar surface area (TPSA) is 0 Å². The lowest BCUT2D eigenvalue weighted by Gasteiger charge is -2.28. The van der Waals surface area contributed by atoms with Crippen LogP contribution in [0.3, 0.4) is 0 Å². The fourth-order valence-electron chi connectivity index (χ4n) is 15.2. The Balaban J connectivity index is 1.20. The molecule has 0 N–H and O–H groups in total. The van der Waals surface area contributed by atoms with Crippen LogP contribution < -0.4 is 0 Å². The Morgan fingerprint density at radius 1 is 0.268 bits per heavy atom. The summed E-state index contributed by atoms with van der Waals surface area (Å²) in [5, 5.41) is 26.4. The SMILES string of the molecule is C=CC1=C(C=C)c2ccc3c4ccc5c6c(-c7cc(C(C)(C)C)cc(C(C)(C)C)c7)c7cc8c(cc7c(-c7cc(C(C)(C)C)cc(C(C)(C)C)c7)c6c6ccc(c7ccc1c2c73)c4c65)c1cccc2c(-c3c(C)cccc3C)ccc8c21. The molecular formula is C82H72. The van der Waals surface area contributed by atoms with Gasteiger partial charge in [0, 0.05) is 0 Å². The molecule has 0 saturated carbocycles. The van der Waals surface area contributed by atoms with Crippen LogP contribution in [-0.4, -0.2) is 0 Å². The van der Waals surface area contributed by atoms with Crippen LogP contribution in [0.2, 0.25) is 0 Å². The highest BCUT2D eigenvalue weighted by Gasteiger charge is 2.32. The first-order valence-electron chi connectivity index (χ1n) is 29.8. The van der Waals surface area contributed by atoms with Crippen molar-refractivity contribution in [3.05, 3.63) is 215 Å². The number of benzene rings is 12. The molecule has 0 amide bonds. The van der Waals surface area contributed by atoms with Gasteiger partial charge in [0.1, 0.15) is 0 Å². The Kier molecular flexibility index (Phi) is 10.3. The average molecular weight is 1060 g/mol. The zero-order valence-electron chi connectivity index (χ0n) is 50.4. The van der Waals surface area contributed by atoms with E-state index in [1.165, 1.54) is 197 Å². The predicted molar refractivity (Wildman–Crippen MR) is 363 cm³/mol. The molecular weight excluding hydrogens is 985 g/mol. The van der Waals surface area contributed by atoms with Gasteiger partial charge in [0.25, 0.3) is 0 Å². The van der Waals surface area contributed by atoms with E-state index in [0.29, 0.717) is 0 Å². The number of hydrogen-bond acceptors (Lipinski definition) is 0. The standard InChI is InChI=1S/C82H72/c1-17-51-52(18-2)56-26-29-59-61-32-34-64-76-63(33-31-60(75(61)76)58-28-25-55(51)73(56)74(58)59)77-70(45-35-47(79(5,6)7)39-48(36-45)80(8,9)10)67-41-65-54-24-20-23-53-57(69-43(3)21-19-22-44(69)4)27-30-62(72(53)54)66(65)42-68(67)71(78(64)77)46-37-49(81(11,12)13)40-50(38-46)82(14,15)16/h17-42H,1-2H2,3-16H3. The largest absolute Gasteiger partial charge is 0.0984 e. The van der Waals surface area contributed by atoms with E-state index in [0.717, 1.165) is 0 Å². The molecule has 0 radical (unpaired) electrons. The molecule has 0 heterocycles. The molecule has 0 fully saturated rings. The Morgan fingerprint density at radius 2 is 0.598 bits per heavy atom. The average Bonchev–Trinajstić information content (AvgIpc) is 2.56. The highest BCUT2D eigenvalue weighted by molar-refractivity contribution is 6.47. The Labute approximate surface area is 483 Å². The number of aryl methyl sites for hydroxylation is 2. The second-order valence-corrected chi connectivity index (χ2v) is 28.6. The molecule has 0 unspecified atom stereocenters. The number of allylic oxidation sites excluding steroid dienone is 4. The van der Waals surface area contributed by atoms with Crippen LogP contribution in [0.15, 0.2) is 171 Å². The van der Waals surface area contributed by atoms with E-state index in [1.807, 2.05) is 12.2 Å². The van der Waals surface area contributed by atoms with Gasteiger partial charge in [-0.3, -0.25) is 0 Å². The Bertz CT molecular complexity index is 4870. The summed E-state index contributed by atoms with van der Waals surface area (Å²) in [7, 11) is 0. The zero-order chi connectivity index (χ0) is 57.2. The molecule has 400 valence electrons. The minimum Gasteiger partial charge on any atom is -0.0984 e. The molecule has 0 aliphatic heterocycles. The third-order valence-electron chi connectivity index (χ3n) is 19.4. The van der Waals surface area contributed by atoms with Crippen LogP contribution >= 0.6 is 0 Å². The van der Waals surface area contributed by atoms with Crippen molar-refractivity contribution < 1.29 is 0 Å². The van der Waals surface area contributed by atoms with Crippen LogP contribution in [0.1, 0.15) is 128 Å². The van der Waals surface area contributed by atoms with Gasteiger partial charge >= 0.3 is 0 Å². The summed E-state index contributed by atoms with van der Waals surface area (Å²) < 4.78 is 0. The van der Waals surface area contributed by atoms with E-state index in [9.17, 15) is 0 Å². The summed E-state index contributed by atoms with van der Waals surface area (Å²) in [6.07, 6.45) is 4.03. The molecule has 0 saturated heterocycles. The first-order valence-corrected chi connectivity index (χ1v) is 29.8. The second kappa shape index (κ2) is 16.7. The van der Waals surface area contributed by atoms with Crippen molar-refractivity contribution in [2.75, 3.05) is 0 Å². The molecule has 0 nitrogen and oxygen atoms in total. The number of hydrogen-bond donors (Lipinski definition) is 0. The smallest absolute Gasteiger partial charge is 0.000740 e. The number of fused-ring (bicyclic) bond motifs is 9. The maximum Gasteiger partial charge on any atom is -0.000740 e. The van der Waals surface area contributed by atoms with Crippen molar-refractivity contribution in [2.45, 2.75) is 119 Å². The maximum atomic E-state index is 4.30. The van der Waals surface area contributed by atoms with Crippen LogP contribution in [0.4, 0.5) is 0 Å². The minimum absolute atomic E-state index is 0.0921. The molecule has 1 aliphatic carbocycles. The molecule has 0 atom stereocenters. The molecule has 0 aromatic heterocycles. The summed E-state index contributed by atoms with van der Waals surface area (Å²) in [6, 6.07) is 58.6. The minimum atomic E-state index is -0.0921. The van der Waals surface area contributed by atoms with Crippen molar-refractivity contribution in [2.24, 2.45) is 0 Å². The molecule has 14 aromatic carbocycles. The lowest BCUT2D eigenvalue weighted by Crippen LogP contribution is -2.16. The van der Waals surface area contributed by atoms with Crippen molar-refractivity contribution in [3.8, 4) is 33.4 Å². The van der Waals surface area contributed by atoms with Gasteiger partial charge in [0.05, 0.1) is 0 Å². The fourth-order valence-corrected chi connectivity index (χ4v) is 15.2. The van der Waals surface area contributed by atoms with Crippen LogP contribution in [-0.2, 0) is 21.7 Å². The van der Waals surface area contributed by atoms with Gasteiger partial charge in [0.2, 0.25) is 0 Å². The van der Waals surface area contributed by atoms with E-state index in [2.05, 4.69) is 256 Å². The molecule has 0 heteroatoms. The van der Waals surface area contributed by atoms with E-state index >= 15 is 0 Å². The lowest BCUT2D eigenvalue weighted by atomic mass is 9.76. The normalized spacial score (nSPS) is 13.8. The second-order valence-electron chi connectivity index (χ2n) is 28.6. The fraction of sp³-hybridized carbons (Fsp3) is 0.220. The van der Waals surface area contributed by atoms with Crippen LogP contribution in [0.5, 0.6) is 0 Å². The summed E-state index contributed by atoms with van der Waals surface area (Å²) in [4.78, 5) is 0. The Hall–Kier alpha value is -8.32. The Morgan fingerprint density at radius 3 is 1.01 bits per heavy atom. The zero-order valence-corrected chi connectivity index (χ0v) is 50.4. The third kappa shape index (κ3) is 6.85. The molecule has 14 aromatic rings. The molecule has 1 aliphatic rings. The van der Waals surface area contributed by atoms with Crippen LogP contribution in [0.25, 0.3) is 152 Å². The van der Waals surface area contributed by atoms with Gasteiger partial charge in [-0.05, 0) is 244 Å². The molecule has 0 bridgehead atoms. The molecule has 82 heavy (non-hydrogen) atoms. The summed E-state index contributed by atoms with van der Waals surface area (Å²) in [6.45, 7) is 41.7. The van der Waals surface area contributed by atoms with Gasteiger partial charge in [0.15, 0.2) is 0 Å². The quantitative estimate of drug-likeness (QED) is 0.119. The van der Waals surface area contributed by atoms with E-state index in [-0.39, 0.29) is 21.7 Å². The monoisotopic (exact) mass is 1060 g/mol. The van der Waals surface area contributed by atoms with Crippen molar-refractivity contribution in [3.63, 3.8) is 0 Å². The van der Waals surface area contributed by atoms with Gasteiger partial charge in [-0.2, -0.15) is 0 Å². The molecule has 15 rings (SSSR count). The summed E-state index contributed by atoms with van der Waals surface area (Å²) in [5.41, 5.74) is 20.3. The van der Waals surface area contributed by atoms with Crippen LogP contribution in [0, 0.1) is 13.8 Å². The summed E-state index contributed by atoms with van der Waals surface area (Å²) >= 11 is 0. The molecule has 0 spiro atoms. The third-order valence-corrected chi connectivity index (χ3v) is 19.4. The van der Waals surface area contributed by atoms with Crippen molar-refractivity contribution in [1.82, 2.24) is 0 Å². The van der Waals surface area contributed by atoms with Gasteiger partial charge < -0.3 is 0 Å². The van der Waals surface area contributed by atoms with E-state index < -0.39 is 0 Å². The van der Waals surface area contributed by atoms with E-state index in [4.69, 9.17) is 0 Å².